The molecule has 2 aromatic rings. The van der Waals surface area contributed by atoms with Crippen LogP contribution in [0.1, 0.15) is 27.6 Å². The van der Waals surface area contributed by atoms with E-state index in [4.69, 9.17) is 5.73 Å². The lowest BCUT2D eigenvalue weighted by Crippen LogP contribution is -2.15. The minimum Gasteiger partial charge on any atom is -0.320 e. The summed E-state index contributed by atoms with van der Waals surface area (Å²) in [6.07, 6.45) is -4.51. The van der Waals surface area contributed by atoms with E-state index in [1.807, 2.05) is 6.92 Å². The molecule has 0 aliphatic heterocycles. The predicted molar refractivity (Wildman–Crippen MR) is 66.5 cm³/mol. The lowest BCUT2D eigenvalue weighted by molar-refractivity contribution is -0.137. The predicted octanol–water partition coefficient (Wildman–Crippen LogP) is 4.26. The van der Waals surface area contributed by atoms with Crippen molar-refractivity contribution < 1.29 is 17.6 Å². The molecule has 2 N–H and O–H groups in total. The van der Waals surface area contributed by atoms with Gasteiger partial charge in [-0.3, -0.25) is 0 Å². The smallest absolute Gasteiger partial charge is 0.320 e. The van der Waals surface area contributed by atoms with Crippen LogP contribution < -0.4 is 5.73 Å². The van der Waals surface area contributed by atoms with Crippen LogP contribution in [-0.2, 0) is 6.18 Å². The SMILES string of the molecule is Cc1cc(C(N)c2cc(C(F)(F)F)ccc2F)cs1. The molecule has 1 unspecified atom stereocenters. The fourth-order valence-corrected chi connectivity index (χ4v) is 2.51. The minimum atomic E-state index is -4.51. The second kappa shape index (κ2) is 4.94. The summed E-state index contributed by atoms with van der Waals surface area (Å²) in [7, 11) is 0. The largest absolute Gasteiger partial charge is 0.416 e. The molecular formula is C13H11F4NS. The van der Waals surface area contributed by atoms with Crippen molar-refractivity contribution in [2.45, 2.75) is 19.1 Å². The highest BCUT2D eigenvalue weighted by Crippen LogP contribution is 2.33. The molecule has 0 saturated carbocycles. The monoisotopic (exact) mass is 289 g/mol. The molecule has 1 aromatic carbocycles. The van der Waals surface area contributed by atoms with Crippen LogP contribution in [0.25, 0.3) is 0 Å². The van der Waals surface area contributed by atoms with Crippen LogP contribution in [0, 0.1) is 12.7 Å². The summed E-state index contributed by atoms with van der Waals surface area (Å²) in [6, 6.07) is 3.14. The third-order valence-electron chi connectivity index (χ3n) is 2.77. The first-order chi connectivity index (χ1) is 8.79. The molecule has 1 nitrogen and oxygen atoms in total. The fourth-order valence-electron chi connectivity index (χ4n) is 1.76. The number of rotatable bonds is 2. The molecule has 0 spiro atoms. The summed E-state index contributed by atoms with van der Waals surface area (Å²) in [5, 5.41) is 1.72. The van der Waals surface area contributed by atoms with Crippen molar-refractivity contribution in [3.8, 4) is 0 Å². The standard InChI is InChI=1S/C13H11F4NS/c1-7-4-8(6-19-7)12(18)10-5-9(13(15,16)17)2-3-11(10)14/h2-6,12H,18H2,1H3. The van der Waals surface area contributed by atoms with Crippen LogP contribution in [-0.4, -0.2) is 0 Å². The quantitative estimate of drug-likeness (QED) is 0.821. The van der Waals surface area contributed by atoms with Crippen LogP contribution in [0.4, 0.5) is 17.6 Å². The van der Waals surface area contributed by atoms with Crippen molar-refractivity contribution in [1.82, 2.24) is 0 Å². The number of nitrogens with two attached hydrogens (primary N) is 1. The van der Waals surface area contributed by atoms with E-state index in [1.165, 1.54) is 11.3 Å². The van der Waals surface area contributed by atoms with E-state index in [9.17, 15) is 17.6 Å². The van der Waals surface area contributed by atoms with Gasteiger partial charge in [0.1, 0.15) is 5.82 Å². The van der Waals surface area contributed by atoms with Gasteiger partial charge < -0.3 is 5.73 Å². The van der Waals surface area contributed by atoms with Gasteiger partial charge in [0.2, 0.25) is 0 Å². The van der Waals surface area contributed by atoms with Gasteiger partial charge in [0, 0.05) is 10.4 Å². The zero-order chi connectivity index (χ0) is 14.2. The van der Waals surface area contributed by atoms with Crippen LogP contribution >= 0.6 is 11.3 Å². The van der Waals surface area contributed by atoms with E-state index in [0.29, 0.717) is 11.6 Å². The Morgan fingerprint density at radius 2 is 1.89 bits per heavy atom. The van der Waals surface area contributed by atoms with Crippen molar-refractivity contribution in [1.29, 1.82) is 0 Å². The molecule has 2 rings (SSSR count). The zero-order valence-corrected chi connectivity index (χ0v) is 10.8. The molecule has 0 amide bonds. The van der Waals surface area contributed by atoms with Crippen LogP contribution in [0.5, 0.6) is 0 Å². The van der Waals surface area contributed by atoms with Gasteiger partial charge in [-0.25, -0.2) is 4.39 Å². The van der Waals surface area contributed by atoms with E-state index < -0.39 is 23.6 Å². The Hall–Kier alpha value is -1.40. The maximum absolute atomic E-state index is 13.7. The third kappa shape index (κ3) is 2.96. The highest BCUT2D eigenvalue weighted by atomic mass is 32.1. The van der Waals surface area contributed by atoms with E-state index >= 15 is 0 Å². The molecular weight excluding hydrogens is 278 g/mol. The van der Waals surface area contributed by atoms with Gasteiger partial charge in [-0.2, -0.15) is 13.2 Å². The first-order valence-corrected chi connectivity index (χ1v) is 6.34. The second-order valence-corrected chi connectivity index (χ2v) is 5.32. The van der Waals surface area contributed by atoms with Crippen LogP contribution in [0.3, 0.4) is 0 Å². The van der Waals surface area contributed by atoms with Gasteiger partial charge in [-0.1, -0.05) is 0 Å². The topological polar surface area (TPSA) is 26.0 Å². The van der Waals surface area contributed by atoms with Crippen molar-refractivity contribution in [3.63, 3.8) is 0 Å². The van der Waals surface area contributed by atoms with E-state index in [2.05, 4.69) is 0 Å². The summed E-state index contributed by atoms with van der Waals surface area (Å²) in [4.78, 5) is 0.970. The lowest BCUT2D eigenvalue weighted by atomic mass is 9.99. The van der Waals surface area contributed by atoms with Gasteiger partial charge in [0.15, 0.2) is 0 Å². The molecule has 0 aliphatic rings. The van der Waals surface area contributed by atoms with Crippen molar-refractivity contribution >= 4 is 11.3 Å². The molecule has 1 aromatic heterocycles. The first kappa shape index (κ1) is 14.0. The minimum absolute atomic E-state index is 0.146. The number of benzene rings is 1. The molecule has 1 atom stereocenters. The molecule has 6 heteroatoms. The van der Waals surface area contributed by atoms with E-state index in [-0.39, 0.29) is 5.56 Å². The second-order valence-electron chi connectivity index (χ2n) is 4.20. The normalized spacial score (nSPS) is 13.6. The Bertz CT molecular complexity index is 589. The highest BCUT2D eigenvalue weighted by Gasteiger charge is 2.31. The average molecular weight is 289 g/mol. The number of hydrogen-bond donors (Lipinski definition) is 1. The van der Waals surface area contributed by atoms with E-state index in [1.54, 1.807) is 11.4 Å². The Labute approximate surface area is 111 Å². The van der Waals surface area contributed by atoms with Crippen molar-refractivity contribution in [3.05, 3.63) is 57.0 Å². The average Bonchev–Trinajstić information content (AvgIpc) is 2.74. The summed E-state index contributed by atoms with van der Waals surface area (Å²) < 4.78 is 51.5. The summed E-state index contributed by atoms with van der Waals surface area (Å²) >= 11 is 1.42. The fraction of sp³-hybridized carbons (Fsp3) is 0.231. The summed E-state index contributed by atoms with van der Waals surface area (Å²) in [5.74, 6) is -0.732. The Morgan fingerprint density at radius 1 is 1.21 bits per heavy atom. The Balaban J connectivity index is 2.44. The van der Waals surface area contributed by atoms with Gasteiger partial charge in [0.25, 0.3) is 0 Å². The molecule has 0 aliphatic carbocycles. The van der Waals surface area contributed by atoms with Gasteiger partial charge in [0.05, 0.1) is 11.6 Å². The molecule has 0 bridgehead atoms. The number of halogens is 4. The molecule has 0 saturated heterocycles. The summed E-state index contributed by atoms with van der Waals surface area (Å²) in [5.41, 5.74) is 5.41. The van der Waals surface area contributed by atoms with Gasteiger partial charge >= 0.3 is 6.18 Å². The highest BCUT2D eigenvalue weighted by molar-refractivity contribution is 7.10. The zero-order valence-electron chi connectivity index (χ0n) is 9.96. The Morgan fingerprint density at radius 3 is 2.42 bits per heavy atom. The molecule has 0 radical (unpaired) electrons. The Kier molecular flexibility index (Phi) is 3.64. The lowest BCUT2D eigenvalue weighted by Gasteiger charge is -2.14. The molecule has 0 fully saturated rings. The molecule has 19 heavy (non-hydrogen) atoms. The van der Waals surface area contributed by atoms with Crippen molar-refractivity contribution in [2.75, 3.05) is 0 Å². The van der Waals surface area contributed by atoms with Crippen LogP contribution in [0.2, 0.25) is 0 Å². The van der Waals surface area contributed by atoms with Crippen molar-refractivity contribution in [2.24, 2.45) is 5.73 Å². The van der Waals surface area contributed by atoms with E-state index in [0.717, 1.165) is 17.0 Å². The molecule has 102 valence electrons. The maximum Gasteiger partial charge on any atom is 0.416 e. The number of alkyl halides is 3. The first-order valence-electron chi connectivity index (χ1n) is 5.46. The maximum atomic E-state index is 13.7. The number of thiophene rings is 1. The third-order valence-corrected chi connectivity index (χ3v) is 3.65. The van der Waals surface area contributed by atoms with Gasteiger partial charge in [-0.15, -0.1) is 11.3 Å². The summed E-state index contributed by atoms with van der Waals surface area (Å²) in [6.45, 7) is 1.85. The number of hydrogen-bond acceptors (Lipinski definition) is 2. The number of aryl methyl sites for hydroxylation is 1. The van der Waals surface area contributed by atoms with Gasteiger partial charge in [-0.05, 0) is 42.1 Å². The molecule has 1 heterocycles. The van der Waals surface area contributed by atoms with Crippen LogP contribution in [0.15, 0.2) is 29.6 Å².